The summed E-state index contributed by atoms with van der Waals surface area (Å²) < 4.78 is 16.2. The van der Waals surface area contributed by atoms with Crippen LogP contribution in [-0.2, 0) is 0 Å². The third-order valence-corrected chi connectivity index (χ3v) is 3.73. The van der Waals surface area contributed by atoms with Crippen LogP contribution in [0.2, 0.25) is 0 Å². The number of hydrogen-bond acceptors (Lipinski definition) is 3. The first-order valence-electron chi connectivity index (χ1n) is 7.10. The highest BCUT2D eigenvalue weighted by atomic mass is 16.5. The Kier molecular flexibility index (Phi) is 3.88. The lowest BCUT2D eigenvalue weighted by Gasteiger charge is -2.08. The highest BCUT2D eigenvalue weighted by Gasteiger charge is 2.15. The summed E-state index contributed by atoms with van der Waals surface area (Å²) in [5, 5.41) is 0. The van der Waals surface area contributed by atoms with E-state index < -0.39 is 0 Å². The average Bonchev–Trinajstić information content (AvgIpc) is 2.96. The summed E-state index contributed by atoms with van der Waals surface area (Å²) in [6.07, 6.45) is 1.80. The van der Waals surface area contributed by atoms with Gasteiger partial charge in [0.1, 0.15) is 17.3 Å². The van der Waals surface area contributed by atoms with Crippen LogP contribution in [0.4, 0.5) is 0 Å². The van der Waals surface area contributed by atoms with Gasteiger partial charge in [-0.3, -0.25) is 0 Å². The lowest BCUT2D eigenvalue weighted by atomic mass is 9.97. The van der Waals surface area contributed by atoms with E-state index in [9.17, 15) is 0 Å². The third-order valence-electron chi connectivity index (χ3n) is 3.73. The molecule has 0 fully saturated rings. The summed E-state index contributed by atoms with van der Waals surface area (Å²) in [7, 11) is 3.34. The van der Waals surface area contributed by atoms with Crippen LogP contribution in [0.1, 0.15) is 5.76 Å². The van der Waals surface area contributed by atoms with Crippen molar-refractivity contribution in [3.05, 3.63) is 60.6 Å². The first kappa shape index (κ1) is 14.3. The van der Waals surface area contributed by atoms with E-state index >= 15 is 0 Å². The lowest BCUT2D eigenvalue weighted by Crippen LogP contribution is -1.87. The fourth-order valence-electron chi connectivity index (χ4n) is 2.58. The summed E-state index contributed by atoms with van der Waals surface area (Å²) in [4.78, 5) is 0. The van der Waals surface area contributed by atoms with Crippen molar-refractivity contribution in [2.24, 2.45) is 0 Å². The molecule has 112 valence electrons. The molecule has 0 aliphatic heterocycles. The maximum absolute atomic E-state index is 5.66. The predicted molar refractivity (Wildman–Crippen MR) is 87.4 cm³/mol. The van der Waals surface area contributed by atoms with Crippen molar-refractivity contribution in [1.82, 2.24) is 0 Å². The van der Waals surface area contributed by atoms with Gasteiger partial charge in [-0.05, 0) is 42.3 Å². The van der Waals surface area contributed by atoms with Gasteiger partial charge in [0.05, 0.1) is 20.5 Å². The van der Waals surface area contributed by atoms with E-state index in [1.807, 2.05) is 49.4 Å². The van der Waals surface area contributed by atoms with Gasteiger partial charge in [0, 0.05) is 11.1 Å². The maximum atomic E-state index is 5.66. The van der Waals surface area contributed by atoms with Crippen LogP contribution in [0.15, 0.2) is 59.2 Å². The molecular formula is C19H18O3. The van der Waals surface area contributed by atoms with Gasteiger partial charge in [-0.1, -0.05) is 24.3 Å². The fourth-order valence-corrected chi connectivity index (χ4v) is 2.58. The molecule has 0 atom stereocenters. The average molecular weight is 294 g/mol. The lowest BCUT2D eigenvalue weighted by molar-refractivity contribution is 0.415. The van der Waals surface area contributed by atoms with Crippen molar-refractivity contribution in [2.75, 3.05) is 14.2 Å². The van der Waals surface area contributed by atoms with Crippen LogP contribution in [0.25, 0.3) is 22.3 Å². The third kappa shape index (κ3) is 2.58. The van der Waals surface area contributed by atoms with Gasteiger partial charge in [-0.25, -0.2) is 0 Å². The van der Waals surface area contributed by atoms with Crippen molar-refractivity contribution in [1.29, 1.82) is 0 Å². The van der Waals surface area contributed by atoms with E-state index in [1.165, 1.54) is 0 Å². The quantitative estimate of drug-likeness (QED) is 0.683. The Bertz CT molecular complexity index is 770. The molecule has 2 aromatic carbocycles. The SMILES string of the molecule is COc1ccc(-c2coc(C)c2-c2cccc(OC)c2)cc1. The number of aryl methyl sites for hydroxylation is 1. The first-order valence-corrected chi connectivity index (χ1v) is 7.10. The van der Waals surface area contributed by atoms with Gasteiger partial charge in [0.2, 0.25) is 0 Å². The molecule has 3 rings (SSSR count). The molecule has 1 heterocycles. The minimum absolute atomic E-state index is 0.832. The Morgan fingerprint density at radius 2 is 1.55 bits per heavy atom. The summed E-state index contributed by atoms with van der Waals surface area (Å²) in [6, 6.07) is 16.0. The summed E-state index contributed by atoms with van der Waals surface area (Å²) in [6.45, 7) is 1.97. The number of ether oxygens (including phenoxy) is 2. The number of rotatable bonds is 4. The highest BCUT2D eigenvalue weighted by Crippen LogP contribution is 2.37. The molecule has 22 heavy (non-hydrogen) atoms. The zero-order valence-electron chi connectivity index (χ0n) is 12.9. The van der Waals surface area contributed by atoms with Gasteiger partial charge in [-0.15, -0.1) is 0 Å². The van der Waals surface area contributed by atoms with Crippen LogP contribution >= 0.6 is 0 Å². The molecule has 0 unspecified atom stereocenters. The zero-order chi connectivity index (χ0) is 15.5. The van der Waals surface area contributed by atoms with Crippen molar-refractivity contribution in [3.63, 3.8) is 0 Å². The second-order valence-electron chi connectivity index (χ2n) is 5.04. The smallest absolute Gasteiger partial charge is 0.119 e. The Labute approximate surface area is 130 Å². The van der Waals surface area contributed by atoms with Crippen molar-refractivity contribution in [3.8, 4) is 33.8 Å². The van der Waals surface area contributed by atoms with Crippen molar-refractivity contribution < 1.29 is 13.9 Å². The van der Waals surface area contributed by atoms with E-state index in [0.29, 0.717) is 0 Å². The molecule has 0 aliphatic carbocycles. The van der Waals surface area contributed by atoms with Gasteiger partial charge in [-0.2, -0.15) is 0 Å². The molecule has 0 spiro atoms. The second-order valence-corrected chi connectivity index (χ2v) is 5.04. The molecular weight excluding hydrogens is 276 g/mol. The van der Waals surface area contributed by atoms with Crippen LogP contribution in [0.5, 0.6) is 11.5 Å². The summed E-state index contributed by atoms with van der Waals surface area (Å²) in [5.41, 5.74) is 4.32. The Hall–Kier alpha value is -2.68. The van der Waals surface area contributed by atoms with Crippen LogP contribution in [0, 0.1) is 6.92 Å². The largest absolute Gasteiger partial charge is 0.497 e. The molecule has 3 nitrogen and oxygen atoms in total. The molecule has 1 aromatic heterocycles. The number of methoxy groups -OCH3 is 2. The van der Waals surface area contributed by atoms with Gasteiger partial charge >= 0.3 is 0 Å². The van der Waals surface area contributed by atoms with E-state index in [4.69, 9.17) is 13.9 Å². The van der Waals surface area contributed by atoms with Crippen molar-refractivity contribution >= 4 is 0 Å². The Morgan fingerprint density at radius 3 is 2.23 bits per heavy atom. The molecule has 0 amide bonds. The van der Waals surface area contributed by atoms with Gasteiger partial charge < -0.3 is 13.9 Å². The molecule has 3 heteroatoms. The molecule has 0 radical (unpaired) electrons. The molecule has 0 bridgehead atoms. The first-order chi connectivity index (χ1) is 10.7. The molecule has 0 saturated heterocycles. The van der Waals surface area contributed by atoms with Crippen molar-refractivity contribution in [2.45, 2.75) is 6.92 Å². The molecule has 0 N–H and O–H groups in total. The minimum atomic E-state index is 0.832. The summed E-state index contributed by atoms with van der Waals surface area (Å²) in [5.74, 6) is 2.56. The zero-order valence-corrected chi connectivity index (χ0v) is 12.9. The number of hydrogen-bond donors (Lipinski definition) is 0. The number of furan rings is 1. The normalized spacial score (nSPS) is 10.5. The molecule has 0 saturated carbocycles. The van der Waals surface area contributed by atoms with Crippen LogP contribution in [-0.4, -0.2) is 14.2 Å². The Balaban J connectivity index is 2.10. The maximum Gasteiger partial charge on any atom is 0.119 e. The molecule has 3 aromatic rings. The Morgan fingerprint density at radius 1 is 0.818 bits per heavy atom. The fraction of sp³-hybridized carbons (Fsp3) is 0.158. The monoisotopic (exact) mass is 294 g/mol. The minimum Gasteiger partial charge on any atom is -0.497 e. The van der Waals surface area contributed by atoms with Gasteiger partial charge in [0.25, 0.3) is 0 Å². The highest BCUT2D eigenvalue weighted by molar-refractivity contribution is 5.85. The van der Waals surface area contributed by atoms with Crippen LogP contribution < -0.4 is 9.47 Å². The topological polar surface area (TPSA) is 31.6 Å². The second kappa shape index (κ2) is 5.98. The number of benzene rings is 2. The predicted octanol–water partition coefficient (Wildman–Crippen LogP) is 4.94. The molecule has 0 aliphatic rings. The van der Waals surface area contributed by atoms with E-state index in [0.717, 1.165) is 39.5 Å². The van der Waals surface area contributed by atoms with E-state index in [2.05, 4.69) is 6.07 Å². The van der Waals surface area contributed by atoms with Crippen LogP contribution in [0.3, 0.4) is 0 Å². The standard InChI is InChI=1S/C19H18O3/c1-13-19(15-5-4-6-17(11-15)21-3)18(12-22-13)14-7-9-16(20-2)10-8-14/h4-12H,1-3H3. The summed E-state index contributed by atoms with van der Waals surface area (Å²) >= 11 is 0. The van der Waals surface area contributed by atoms with Gasteiger partial charge in [0.15, 0.2) is 0 Å². The van der Waals surface area contributed by atoms with E-state index in [1.54, 1.807) is 20.5 Å². The van der Waals surface area contributed by atoms with E-state index in [-0.39, 0.29) is 0 Å².